The van der Waals surface area contributed by atoms with Gasteiger partial charge in [-0.3, -0.25) is 9.59 Å². The average Bonchev–Trinajstić information content (AvgIpc) is 3.23. The van der Waals surface area contributed by atoms with Crippen molar-refractivity contribution in [1.29, 1.82) is 0 Å². The Labute approximate surface area is 141 Å². The molecule has 0 saturated heterocycles. The molecule has 0 saturated carbocycles. The highest BCUT2D eigenvalue weighted by Gasteiger charge is 2.09. The summed E-state index contributed by atoms with van der Waals surface area (Å²) in [5, 5.41) is 7.69. The predicted molar refractivity (Wildman–Crippen MR) is 92.9 cm³/mol. The fourth-order valence-corrected chi connectivity index (χ4v) is 3.74. The van der Waals surface area contributed by atoms with Gasteiger partial charge in [0.05, 0.1) is 11.3 Å². The van der Waals surface area contributed by atoms with Crippen LogP contribution >= 0.6 is 22.7 Å². The molecule has 2 heterocycles. The zero-order chi connectivity index (χ0) is 16.1. The van der Waals surface area contributed by atoms with Crippen molar-refractivity contribution in [3.05, 3.63) is 57.6 Å². The molecular formula is C17H15NO3S2. The van der Waals surface area contributed by atoms with E-state index in [1.54, 1.807) is 17.4 Å². The van der Waals surface area contributed by atoms with Crippen LogP contribution in [0.1, 0.15) is 21.7 Å². The topological polar surface area (TPSA) is 55.4 Å². The van der Waals surface area contributed by atoms with Crippen molar-refractivity contribution >= 4 is 44.6 Å². The minimum atomic E-state index is -0.313. The number of carbonyl (C=O) groups is 2. The molecule has 1 amide bonds. The van der Waals surface area contributed by atoms with Crippen LogP contribution in [0, 0.1) is 0 Å². The van der Waals surface area contributed by atoms with Crippen molar-refractivity contribution in [2.24, 2.45) is 0 Å². The number of thiophene rings is 2. The van der Waals surface area contributed by atoms with Crippen LogP contribution < -0.4 is 5.32 Å². The molecule has 118 valence electrons. The van der Waals surface area contributed by atoms with Gasteiger partial charge in [0.25, 0.3) is 5.91 Å². The fourth-order valence-electron chi connectivity index (χ4n) is 2.15. The molecule has 1 N–H and O–H groups in total. The number of benzene rings is 1. The van der Waals surface area contributed by atoms with Crippen molar-refractivity contribution < 1.29 is 14.3 Å². The predicted octanol–water partition coefficient (Wildman–Crippen LogP) is 3.83. The molecular weight excluding hydrogens is 330 g/mol. The van der Waals surface area contributed by atoms with Gasteiger partial charge in [0.1, 0.15) is 6.61 Å². The molecule has 0 radical (unpaired) electrons. The summed E-state index contributed by atoms with van der Waals surface area (Å²) in [4.78, 5) is 24.1. The van der Waals surface area contributed by atoms with Gasteiger partial charge < -0.3 is 10.1 Å². The molecule has 3 rings (SSSR count). The largest absolute Gasteiger partial charge is 0.461 e. The van der Waals surface area contributed by atoms with Crippen molar-refractivity contribution in [1.82, 2.24) is 5.32 Å². The smallest absolute Gasteiger partial charge is 0.307 e. The third-order valence-corrected chi connectivity index (χ3v) is 5.19. The number of carbonyl (C=O) groups excluding carboxylic acids is 2. The van der Waals surface area contributed by atoms with Crippen LogP contribution in [0.25, 0.3) is 10.1 Å². The van der Waals surface area contributed by atoms with E-state index < -0.39 is 0 Å². The van der Waals surface area contributed by atoms with Crippen LogP contribution in [0.2, 0.25) is 0 Å². The quantitative estimate of drug-likeness (QED) is 0.691. The molecule has 0 aliphatic carbocycles. The Morgan fingerprint density at radius 3 is 2.78 bits per heavy atom. The molecule has 0 fully saturated rings. The van der Waals surface area contributed by atoms with E-state index in [0.29, 0.717) is 4.88 Å². The van der Waals surface area contributed by atoms with Gasteiger partial charge in [0.15, 0.2) is 0 Å². The summed E-state index contributed by atoms with van der Waals surface area (Å²) < 4.78 is 6.47. The van der Waals surface area contributed by atoms with Crippen LogP contribution in [0.5, 0.6) is 0 Å². The molecule has 0 atom stereocenters. The zero-order valence-electron chi connectivity index (χ0n) is 12.3. The van der Waals surface area contributed by atoms with E-state index in [-0.39, 0.29) is 31.4 Å². The number of hydrogen-bond acceptors (Lipinski definition) is 5. The van der Waals surface area contributed by atoms with Gasteiger partial charge in [-0.15, -0.1) is 22.7 Å². The second kappa shape index (κ2) is 7.39. The van der Waals surface area contributed by atoms with E-state index in [9.17, 15) is 9.59 Å². The second-order valence-electron chi connectivity index (χ2n) is 4.90. The number of esters is 1. The summed E-state index contributed by atoms with van der Waals surface area (Å²) in [6.45, 7) is 0.543. The monoisotopic (exact) mass is 345 g/mol. The summed E-state index contributed by atoms with van der Waals surface area (Å²) in [7, 11) is 0. The van der Waals surface area contributed by atoms with Crippen LogP contribution in [-0.4, -0.2) is 18.4 Å². The lowest BCUT2D eigenvalue weighted by atomic mass is 10.2. The van der Waals surface area contributed by atoms with E-state index in [0.717, 1.165) is 10.9 Å². The molecule has 0 aliphatic rings. The van der Waals surface area contributed by atoms with Gasteiger partial charge in [-0.1, -0.05) is 24.3 Å². The third kappa shape index (κ3) is 3.97. The number of rotatable bonds is 6. The van der Waals surface area contributed by atoms with Gasteiger partial charge >= 0.3 is 5.97 Å². The molecule has 3 aromatic rings. The van der Waals surface area contributed by atoms with Crippen molar-refractivity contribution in [2.75, 3.05) is 6.54 Å². The van der Waals surface area contributed by atoms with E-state index >= 15 is 0 Å². The first-order valence-electron chi connectivity index (χ1n) is 7.16. The van der Waals surface area contributed by atoms with Crippen LogP contribution in [0.4, 0.5) is 0 Å². The Morgan fingerprint density at radius 2 is 1.96 bits per heavy atom. The van der Waals surface area contributed by atoms with Crippen molar-refractivity contribution in [2.45, 2.75) is 13.0 Å². The van der Waals surface area contributed by atoms with Gasteiger partial charge in [-0.25, -0.2) is 0 Å². The zero-order valence-corrected chi connectivity index (χ0v) is 13.9. The maximum atomic E-state index is 11.8. The fraction of sp³-hybridized carbons (Fsp3) is 0.176. The van der Waals surface area contributed by atoms with Crippen molar-refractivity contribution in [3.8, 4) is 0 Å². The van der Waals surface area contributed by atoms with Gasteiger partial charge in [0, 0.05) is 16.8 Å². The first-order chi connectivity index (χ1) is 11.2. The first kappa shape index (κ1) is 15.7. The first-order valence-corrected chi connectivity index (χ1v) is 8.92. The lowest BCUT2D eigenvalue weighted by molar-refractivity contribution is -0.144. The van der Waals surface area contributed by atoms with Crippen molar-refractivity contribution in [3.63, 3.8) is 0 Å². The lowest BCUT2D eigenvalue weighted by Crippen LogP contribution is -2.25. The number of fused-ring (bicyclic) bond motifs is 1. The number of nitrogens with one attached hydrogen (secondary N) is 1. The number of ether oxygens (including phenoxy) is 1. The summed E-state index contributed by atoms with van der Waals surface area (Å²) in [5.74, 6) is -0.469. The maximum Gasteiger partial charge on any atom is 0.307 e. The van der Waals surface area contributed by atoms with E-state index in [1.165, 1.54) is 16.0 Å². The molecule has 4 nitrogen and oxygen atoms in total. The highest BCUT2D eigenvalue weighted by atomic mass is 32.1. The van der Waals surface area contributed by atoms with Gasteiger partial charge in [-0.2, -0.15) is 0 Å². The lowest BCUT2D eigenvalue weighted by Gasteiger charge is -2.05. The summed E-state index contributed by atoms with van der Waals surface area (Å²) in [6.07, 6.45) is 0.166. The highest BCUT2D eigenvalue weighted by Crippen LogP contribution is 2.26. The van der Waals surface area contributed by atoms with E-state index in [4.69, 9.17) is 4.74 Å². The minimum Gasteiger partial charge on any atom is -0.461 e. The molecule has 0 unspecified atom stereocenters. The molecule has 23 heavy (non-hydrogen) atoms. The van der Waals surface area contributed by atoms with Gasteiger partial charge in [-0.05, 0) is 28.3 Å². The molecule has 0 bridgehead atoms. The highest BCUT2D eigenvalue weighted by molar-refractivity contribution is 7.17. The van der Waals surface area contributed by atoms with E-state index in [1.807, 2.05) is 41.1 Å². The van der Waals surface area contributed by atoms with Crippen LogP contribution in [0.3, 0.4) is 0 Å². The summed E-state index contributed by atoms with van der Waals surface area (Å²) in [6, 6.07) is 11.6. The summed E-state index contributed by atoms with van der Waals surface area (Å²) in [5.41, 5.74) is 1.02. The van der Waals surface area contributed by atoms with Gasteiger partial charge in [0.2, 0.25) is 0 Å². The Kier molecular flexibility index (Phi) is 5.05. The second-order valence-corrected chi connectivity index (χ2v) is 6.76. The Balaban J connectivity index is 1.44. The molecule has 0 aliphatic heterocycles. The maximum absolute atomic E-state index is 11.8. The third-order valence-electron chi connectivity index (χ3n) is 3.31. The molecule has 2 aromatic heterocycles. The van der Waals surface area contributed by atoms with Crippen LogP contribution in [0.15, 0.2) is 47.2 Å². The normalized spacial score (nSPS) is 10.6. The standard InChI is InChI=1S/C17H15NO3S2/c19-16(7-8-18-17(20)15-6-3-9-22-15)21-10-12-11-23-14-5-2-1-4-13(12)14/h1-6,9,11H,7-8,10H2,(H,18,20). The number of amides is 1. The average molecular weight is 345 g/mol. The molecule has 1 aromatic carbocycles. The summed E-state index contributed by atoms with van der Waals surface area (Å²) >= 11 is 3.01. The Bertz CT molecular complexity index is 808. The molecule has 6 heteroatoms. The number of hydrogen-bond donors (Lipinski definition) is 1. The van der Waals surface area contributed by atoms with E-state index in [2.05, 4.69) is 5.32 Å². The SMILES string of the molecule is O=C(CCNC(=O)c1cccs1)OCc1csc2ccccc12. The Hall–Kier alpha value is -2.18. The Morgan fingerprint density at radius 1 is 1.09 bits per heavy atom. The minimum absolute atomic E-state index is 0.156. The van der Waals surface area contributed by atoms with Crippen LogP contribution in [-0.2, 0) is 16.1 Å². The molecule has 0 spiro atoms.